The number of imide groups is 1. The van der Waals surface area contributed by atoms with E-state index in [9.17, 15) is 14.4 Å². The number of hydrogen-bond acceptors (Lipinski definition) is 4. The fraction of sp³-hybridized carbons (Fsp3) is 0.0455. The summed E-state index contributed by atoms with van der Waals surface area (Å²) in [6.07, 6.45) is 0. The topological polar surface area (TPSA) is 75.7 Å². The molecule has 1 N–H and O–H groups in total. The van der Waals surface area contributed by atoms with E-state index >= 15 is 0 Å². The van der Waals surface area contributed by atoms with Gasteiger partial charge in [0, 0.05) is 10.2 Å². The van der Waals surface area contributed by atoms with Gasteiger partial charge in [0.2, 0.25) is 0 Å². The van der Waals surface area contributed by atoms with Gasteiger partial charge in [-0.05, 0) is 60.7 Å². The van der Waals surface area contributed by atoms with E-state index in [4.69, 9.17) is 4.74 Å². The summed E-state index contributed by atoms with van der Waals surface area (Å²) >= 11 is 3.34. The molecular formula is C22H15BrN2O4. The summed E-state index contributed by atoms with van der Waals surface area (Å²) in [6.45, 7) is -0.137. The molecule has 0 bridgehead atoms. The van der Waals surface area contributed by atoms with Crippen LogP contribution in [0.4, 0.5) is 11.4 Å². The van der Waals surface area contributed by atoms with Gasteiger partial charge in [-0.3, -0.25) is 14.4 Å². The van der Waals surface area contributed by atoms with Crippen molar-refractivity contribution >= 4 is 45.0 Å². The Morgan fingerprint density at radius 1 is 0.862 bits per heavy atom. The van der Waals surface area contributed by atoms with Crippen molar-refractivity contribution in [2.75, 3.05) is 16.8 Å². The maximum atomic E-state index is 12.5. The zero-order chi connectivity index (χ0) is 20.4. The average Bonchev–Trinajstić information content (AvgIpc) is 2.99. The Morgan fingerprint density at radius 2 is 1.45 bits per heavy atom. The maximum Gasteiger partial charge on any atom is 0.266 e. The fourth-order valence-electron chi connectivity index (χ4n) is 2.99. The molecule has 144 valence electrons. The van der Waals surface area contributed by atoms with Crippen LogP contribution in [0.5, 0.6) is 5.75 Å². The zero-order valence-electron chi connectivity index (χ0n) is 15.1. The Kier molecular flexibility index (Phi) is 5.14. The largest absolute Gasteiger partial charge is 0.484 e. The number of nitrogens with zero attached hydrogens (tertiary/aromatic N) is 1. The van der Waals surface area contributed by atoms with Gasteiger partial charge in [-0.1, -0.05) is 28.1 Å². The van der Waals surface area contributed by atoms with Gasteiger partial charge < -0.3 is 10.1 Å². The molecule has 3 aromatic rings. The Morgan fingerprint density at radius 3 is 2.03 bits per heavy atom. The molecule has 29 heavy (non-hydrogen) atoms. The first-order valence-corrected chi connectivity index (χ1v) is 9.58. The molecule has 0 aliphatic carbocycles. The van der Waals surface area contributed by atoms with E-state index in [1.54, 1.807) is 60.7 Å². The molecule has 0 radical (unpaired) electrons. The predicted octanol–water partition coefficient (Wildman–Crippen LogP) is 4.27. The minimum absolute atomic E-state index is 0.137. The van der Waals surface area contributed by atoms with E-state index in [0.29, 0.717) is 28.3 Å². The second-order valence-electron chi connectivity index (χ2n) is 6.33. The van der Waals surface area contributed by atoms with Crippen LogP contribution in [-0.4, -0.2) is 24.3 Å². The summed E-state index contributed by atoms with van der Waals surface area (Å²) in [5.74, 6) is -0.443. The van der Waals surface area contributed by atoms with Crippen molar-refractivity contribution in [2.45, 2.75) is 0 Å². The SMILES string of the molecule is O=C(COc1ccc(Br)cc1)Nc1ccc(N2C(=O)c3ccccc3C2=O)cc1. The summed E-state index contributed by atoms with van der Waals surface area (Å²) < 4.78 is 6.36. The molecule has 0 fully saturated rings. The minimum Gasteiger partial charge on any atom is -0.484 e. The maximum absolute atomic E-state index is 12.5. The number of carbonyl (C=O) groups excluding carboxylic acids is 3. The van der Waals surface area contributed by atoms with Crippen LogP contribution >= 0.6 is 15.9 Å². The van der Waals surface area contributed by atoms with Crippen molar-refractivity contribution in [3.63, 3.8) is 0 Å². The van der Waals surface area contributed by atoms with Crippen LogP contribution in [0.25, 0.3) is 0 Å². The number of fused-ring (bicyclic) bond motifs is 1. The van der Waals surface area contributed by atoms with E-state index in [0.717, 1.165) is 9.37 Å². The van der Waals surface area contributed by atoms with Crippen LogP contribution in [0.15, 0.2) is 77.3 Å². The van der Waals surface area contributed by atoms with Crippen LogP contribution in [0, 0.1) is 0 Å². The van der Waals surface area contributed by atoms with Gasteiger partial charge in [-0.2, -0.15) is 0 Å². The Bertz CT molecular complexity index is 1060. The molecule has 0 atom stereocenters. The first-order valence-electron chi connectivity index (χ1n) is 8.79. The molecule has 0 saturated heterocycles. The summed E-state index contributed by atoms with van der Waals surface area (Å²) in [4.78, 5) is 38.3. The molecule has 7 heteroatoms. The molecule has 0 aromatic heterocycles. The number of carbonyl (C=O) groups is 3. The predicted molar refractivity (Wildman–Crippen MR) is 112 cm³/mol. The monoisotopic (exact) mass is 450 g/mol. The number of nitrogens with one attached hydrogen (secondary N) is 1. The number of benzene rings is 3. The molecule has 3 aromatic carbocycles. The van der Waals surface area contributed by atoms with Gasteiger partial charge in [-0.25, -0.2) is 4.90 Å². The third-order valence-corrected chi connectivity index (χ3v) is 4.92. The van der Waals surface area contributed by atoms with Crippen LogP contribution in [0.1, 0.15) is 20.7 Å². The normalized spacial score (nSPS) is 12.7. The number of anilines is 2. The molecule has 0 spiro atoms. The van der Waals surface area contributed by atoms with Crippen molar-refractivity contribution < 1.29 is 19.1 Å². The van der Waals surface area contributed by atoms with Gasteiger partial charge >= 0.3 is 0 Å². The van der Waals surface area contributed by atoms with Crippen LogP contribution < -0.4 is 15.0 Å². The van der Waals surface area contributed by atoms with Crippen LogP contribution in [0.3, 0.4) is 0 Å². The highest BCUT2D eigenvalue weighted by Gasteiger charge is 2.36. The molecule has 1 aliphatic heterocycles. The van der Waals surface area contributed by atoms with Crippen molar-refractivity contribution in [3.05, 3.63) is 88.4 Å². The second-order valence-corrected chi connectivity index (χ2v) is 7.24. The lowest BCUT2D eigenvalue weighted by Gasteiger charge is -2.14. The molecule has 4 rings (SSSR count). The molecule has 0 saturated carbocycles. The Hall–Kier alpha value is -3.45. The number of halogens is 1. The fourth-order valence-corrected chi connectivity index (χ4v) is 3.26. The number of hydrogen-bond donors (Lipinski definition) is 1. The molecule has 1 aliphatic rings. The number of amides is 3. The summed E-state index contributed by atoms with van der Waals surface area (Å²) in [7, 11) is 0. The Labute approximate surface area is 175 Å². The van der Waals surface area contributed by atoms with Gasteiger partial charge in [0.1, 0.15) is 5.75 Å². The van der Waals surface area contributed by atoms with Crippen LogP contribution in [-0.2, 0) is 4.79 Å². The van der Waals surface area contributed by atoms with E-state index in [1.807, 2.05) is 12.1 Å². The van der Waals surface area contributed by atoms with Crippen molar-refractivity contribution in [1.29, 1.82) is 0 Å². The molecule has 1 heterocycles. The first kappa shape index (κ1) is 18.9. The molecule has 6 nitrogen and oxygen atoms in total. The molecule has 0 unspecified atom stereocenters. The lowest BCUT2D eigenvalue weighted by atomic mass is 10.1. The minimum atomic E-state index is -0.356. The third-order valence-electron chi connectivity index (χ3n) is 4.39. The molecule has 3 amide bonds. The summed E-state index contributed by atoms with van der Waals surface area (Å²) in [6, 6.07) is 20.4. The highest BCUT2D eigenvalue weighted by Crippen LogP contribution is 2.29. The first-order chi connectivity index (χ1) is 14.0. The third kappa shape index (κ3) is 3.90. The smallest absolute Gasteiger partial charge is 0.266 e. The standard InChI is InChI=1S/C22H15BrN2O4/c23-14-5-11-17(12-6-14)29-13-20(26)24-15-7-9-16(10-8-15)25-21(27)18-3-1-2-4-19(18)22(25)28/h1-12H,13H2,(H,24,26). The van der Waals surface area contributed by atoms with Crippen molar-refractivity contribution in [1.82, 2.24) is 0 Å². The lowest BCUT2D eigenvalue weighted by molar-refractivity contribution is -0.118. The van der Waals surface area contributed by atoms with Gasteiger partial charge in [0.25, 0.3) is 17.7 Å². The van der Waals surface area contributed by atoms with E-state index in [-0.39, 0.29) is 24.3 Å². The Balaban J connectivity index is 1.39. The van der Waals surface area contributed by atoms with Gasteiger partial charge in [0.15, 0.2) is 6.61 Å². The van der Waals surface area contributed by atoms with E-state index in [2.05, 4.69) is 21.2 Å². The quantitative estimate of drug-likeness (QED) is 0.588. The van der Waals surface area contributed by atoms with E-state index in [1.165, 1.54) is 0 Å². The average molecular weight is 451 g/mol. The van der Waals surface area contributed by atoms with Crippen LogP contribution in [0.2, 0.25) is 0 Å². The van der Waals surface area contributed by atoms with Gasteiger partial charge in [0.05, 0.1) is 16.8 Å². The number of rotatable bonds is 5. The summed E-state index contributed by atoms with van der Waals surface area (Å²) in [5, 5.41) is 2.72. The van der Waals surface area contributed by atoms with Crippen molar-refractivity contribution in [2.24, 2.45) is 0 Å². The highest BCUT2D eigenvalue weighted by molar-refractivity contribution is 9.10. The zero-order valence-corrected chi connectivity index (χ0v) is 16.7. The van der Waals surface area contributed by atoms with Gasteiger partial charge in [-0.15, -0.1) is 0 Å². The molecular weight excluding hydrogens is 436 g/mol. The van der Waals surface area contributed by atoms with Crippen molar-refractivity contribution in [3.8, 4) is 5.75 Å². The lowest BCUT2D eigenvalue weighted by Crippen LogP contribution is -2.29. The highest BCUT2D eigenvalue weighted by atomic mass is 79.9. The summed E-state index contributed by atoms with van der Waals surface area (Å²) in [5.41, 5.74) is 1.76. The second kappa shape index (κ2) is 7.89. The van der Waals surface area contributed by atoms with E-state index < -0.39 is 0 Å². The number of ether oxygens (including phenoxy) is 1.